The fraction of sp³-hybridized carbons (Fsp3) is 0.789. The first kappa shape index (κ1) is 22.7. The number of hydrogen-bond donors (Lipinski definition) is 0. The molecule has 0 radical (unpaired) electrons. The molecule has 3 saturated heterocycles. The van der Waals surface area contributed by atoms with Crippen molar-refractivity contribution in [3.63, 3.8) is 0 Å². The standard InChI is InChI=1S/C19H30N4O6S2/c1-14-18(15(2)29-20-14)31(27,28)23-10-8-22(9-11-23)19(24)16-3-6-21(7-4-16)17-5-12-30(25,26)13-17/h16-17H,3-13H2,1-2H3. The Labute approximate surface area is 183 Å². The van der Waals surface area contributed by atoms with Crippen LogP contribution in [0.5, 0.6) is 0 Å². The molecule has 1 aromatic heterocycles. The predicted molar refractivity (Wildman–Crippen MR) is 113 cm³/mol. The lowest BCUT2D eigenvalue weighted by Gasteiger charge is -2.39. The van der Waals surface area contributed by atoms with Crippen molar-refractivity contribution in [1.29, 1.82) is 0 Å². The van der Waals surface area contributed by atoms with Gasteiger partial charge in [-0.1, -0.05) is 5.16 Å². The minimum absolute atomic E-state index is 0.0769. The molecule has 1 unspecified atom stereocenters. The Morgan fingerprint density at radius 2 is 1.68 bits per heavy atom. The Bertz CT molecular complexity index is 1020. The van der Waals surface area contributed by atoms with Gasteiger partial charge in [0.2, 0.25) is 15.9 Å². The van der Waals surface area contributed by atoms with E-state index in [1.54, 1.807) is 18.7 Å². The van der Waals surface area contributed by atoms with Gasteiger partial charge in [-0.15, -0.1) is 0 Å². The van der Waals surface area contributed by atoms with Crippen LogP contribution in [0.15, 0.2) is 9.42 Å². The third-order valence-corrected chi connectivity index (χ3v) is 10.6. The highest BCUT2D eigenvalue weighted by atomic mass is 32.2. The number of likely N-dealkylation sites (tertiary alicyclic amines) is 1. The van der Waals surface area contributed by atoms with Gasteiger partial charge in [0, 0.05) is 38.1 Å². The minimum atomic E-state index is -3.70. The summed E-state index contributed by atoms with van der Waals surface area (Å²) in [5.41, 5.74) is 0.345. The van der Waals surface area contributed by atoms with Crippen molar-refractivity contribution in [2.75, 3.05) is 50.8 Å². The zero-order valence-corrected chi connectivity index (χ0v) is 19.6. The first-order valence-electron chi connectivity index (χ1n) is 10.7. The van der Waals surface area contributed by atoms with Crippen LogP contribution < -0.4 is 0 Å². The van der Waals surface area contributed by atoms with Crippen molar-refractivity contribution in [2.45, 2.75) is 44.0 Å². The number of sulfonamides is 1. The van der Waals surface area contributed by atoms with Crippen molar-refractivity contribution in [3.8, 4) is 0 Å². The normalized spacial score (nSPS) is 26.4. The van der Waals surface area contributed by atoms with Gasteiger partial charge in [-0.3, -0.25) is 9.69 Å². The Hall–Kier alpha value is -1.50. The second kappa shape index (κ2) is 8.45. The number of carbonyl (C=O) groups is 1. The van der Waals surface area contributed by atoms with E-state index in [9.17, 15) is 21.6 Å². The molecule has 3 aliphatic heterocycles. The number of hydrogen-bond acceptors (Lipinski definition) is 8. The van der Waals surface area contributed by atoms with Gasteiger partial charge in [0.1, 0.15) is 10.6 Å². The van der Waals surface area contributed by atoms with Gasteiger partial charge < -0.3 is 9.42 Å². The topological polar surface area (TPSA) is 121 Å². The summed E-state index contributed by atoms with van der Waals surface area (Å²) < 4.78 is 55.8. The summed E-state index contributed by atoms with van der Waals surface area (Å²) in [4.78, 5) is 17.1. The van der Waals surface area contributed by atoms with E-state index < -0.39 is 19.9 Å². The molecule has 0 saturated carbocycles. The van der Waals surface area contributed by atoms with E-state index in [0.29, 0.717) is 38.0 Å². The molecule has 0 aliphatic carbocycles. The zero-order chi connectivity index (χ0) is 22.4. The summed E-state index contributed by atoms with van der Waals surface area (Å²) in [6.45, 7) is 5.88. The van der Waals surface area contributed by atoms with E-state index in [2.05, 4.69) is 10.1 Å². The summed E-state index contributed by atoms with van der Waals surface area (Å²) in [5, 5.41) is 3.74. The summed E-state index contributed by atoms with van der Waals surface area (Å²) in [5.74, 6) is 0.760. The van der Waals surface area contributed by atoms with E-state index in [0.717, 1.165) is 13.1 Å². The molecule has 3 fully saturated rings. The van der Waals surface area contributed by atoms with E-state index in [1.165, 1.54) is 4.31 Å². The van der Waals surface area contributed by atoms with Crippen LogP contribution in [0.3, 0.4) is 0 Å². The number of piperidine rings is 1. The molecular formula is C19H30N4O6S2. The monoisotopic (exact) mass is 474 g/mol. The molecule has 1 atom stereocenters. The van der Waals surface area contributed by atoms with E-state index >= 15 is 0 Å². The molecular weight excluding hydrogens is 444 g/mol. The summed E-state index contributed by atoms with van der Waals surface area (Å²) in [6.07, 6.45) is 2.11. The number of nitrogens with zero attached hydrogens (tertiary/aromatic N) is 4. The summed E-state index contributed by atoms with van der Waals surface area (Å²) >= 11 is 0. The van der Waals surface area contributed by atoms with Crippen molar-refractivity contribution in [1.82, 2.24) is 19.3 Å². The number of rotatable bonds is 4. The quantitative estimate of drug-likeness (QED) is 0.599. The van der Waals surface area contributed by atoms with Crippen LogP contribution in [0.25, 0.3) is 0 Å². The smallest absolute Gasteiger partial charge is 0.248 e. The average Bonchev–Trinajstić information content (AvgIpc) is 3.28. The zero-order valence-electron chi connectivity index (χ0n) is 18.0. The fourth-order valence-electron chi connectivity index (χ4n) is 4.95. The Morgan fingerprint density at radius 1 is 1.03 bits per heavy atom. The first-order chi connectivity index (χ1) is 14.6. The molecule has 0 spiro atoms. The lowest BCUT2D eigenvalue weighted by Crippen LogP contribution is -2.53. The van der Waals surface area contributed by atoms with Gasteiger partial charge in [-0.25, -0.2) is 16.8 Å². The highest BCUT2D eigenvalue weighted by Crippen LogP contribution is 2.27. The van der Waals surface area contributed by atoms with Crippen LogP contribution in [0.4, 0.5) is 0 Å². The molecule has 10 nitrogen and oxygen atoms in total. The number of amides is 1. The minimum Gasteiger partial charge on any atom is -0.360 e. The Kier molecular flexibility index (Phi) is 6.18. The second-order valence-electron chi connectivity index (χ2n) is 8.75. The highest BCUT2D eigenvalue weighted by Gasteiger charge is 2.38. The second-order valence-corrected chi connectivity index (χ2v) is 12.9. The van der Waals surface area contributed by atoms with Gasteiger partial charge in [-0.2, -0.15) is 4.31 Å². The third-order valence-electron chi connectivity index (χ3n) is 6.72. The van der Waals surface area contributed by atoms with Gasteiger partial charge in [0.25, 0.3) is 0 Å². The Balaban J connectivity index is 1.30. The molecule has 174 valence electrons. The van der Waals surface area contributed by atoms with Gasteiger partial charge in [0.05, 0.1) is 11.5 Å². The SMILES string of the molecule is Cc1noc(C)c1S(=O)(=O)N1CCN(C(=O)C2CCN(C3CCS(=O)(=O)C3)CC2)CC1. The van der Waals surface area contributed by atoms with Gasteiger partial charge >= 0.3 is 0 Å². The van der Waals surface area contributed by atoms with Crippen molar-refractivity contribution in [2.24, 2.45) is 5.92 Å². The van der Waals surface area contributed by atoms with Crippen LogP contribution in [0.2, 0.25) is 0 Å². The molecule has 1 aromatic rings. The number of aromatic nitrogens is 1. The van der Waals surface area contributed by atoms with E-state index in [1.807, 2.05) is 0 Å². The van der Waals surface area contributed by atoms with Gasteiger partial charge in [-0.05, 0) is 46.2 Å². The molecule has 31 heavy (non-hydrogen) atoms. The maximum Gasteiger partial charge on any atom is 0.248 e. The Morgan fingerprint density at radius 3 is 2.19 bits per heavy atom. The lowest BCUT2D eigenvalue weighted by molar-refractivity contribution is -0.138. The number of carbonyl (C=O) groups excluding carboxylic acids is 1. The van der Waals surface area contributed by atoms with Crippen LogP contribution in [0.1, 0.15) is 30.7 Å². The van der Waals surface area contributed by atoms with Crippen LogP contribution in [-0.4, -0.2) is 98.8 Å². The summed E-state index contributed by atoms with van der Waals surface area (Å²) in [6, 6.07) is 0.0825. The fourth-order valence-corrected chi connectivity index (χ4v) is 8.43. The van der Waals surface area contributed by atoms with Crippen molar-refractivity contribution >= 4 is 25.8 Å². The first-order valence-corrected chi connectivity index (χ1v) is 14.0. The van der Waals surface area contributed by atoms with Crippen molar-refractivity contribution in [3.05, 3.63) is 11.5 Å². The number of sulfone groups is 1. The van der Waals surface area contributed by atoms with Crippen LogP contribution in [0, 0.1) is 19.8 Å². The highest BCUT2D eigenvalue weighted by molar-refractivity contribution is 7.91. The maximum atomic E-state index is 13.0. The molecule has 3 aliphatic rings. The molecule has 4 heterocycles. The molecule has 0 aromatic carbocycles. The number of aryl methyl sites for hydroxylation is 2. The molecule has 1 amide bonds. The average molecular weight is 475 g/mol. The van der Waals surface area contributed by atoms with Gasteiger partial charge in [0.15, 0.2) is 15.6 Å². The largest absolute Gasteiger partial charge is 0.360 e. The maximum absolute atomic E-state index is 13.0. The van der Waals surface area contributed by atoms with E-state index in [4.69, 9.17) is 4.52 Å². The predicted octanol–water partition coefficient (Wildman–Crippen LogP) is 0.0234. The summed E-state index contributed by atoms with van der Waals surface area (Å²) in [7, 11) is -6.61. The van der Waals surface area contributed by atoms with Crippen LogP contribution in [-0.2, 0) is 24.7 Å². The molecule has 4 rings (SSSR count). The molecule has 12 heteroatoms. The van der Waals surface area contributed by atoms with E-state index in [-0.39, 0.29) is 53.1 Å². The van der Waals surface area contributed by atoms with Crippen LogP contribution >= 0.6 is 0 Å². The number of piperazine rings is 1. The molecule has 0 N–H and O–H groups in total. The van der Waals surface area contributed by atoms with Crippen molar-refractivity contribution < 1.29 is 26.2 Å². The lowest BCUT2D eigenvalue weighted by atomic mass is 9.94. The third kappa shape index (κ3) is 4.53. The molecule has 0 bridgehead atoms.